The van der Waals surface area contributed by atoms with Crippen molar-refractivity contribution in [2.75, 3.05) is 15.7 Å². The molecule has 0 aromatic heterocycles. The van der Waals surface area contributed by atoms with Gasteiger partial charge in [0.2, 0.25) is 5.91 Å². The predicted octanol–water partition coefficient (Wildman–Crippen LogP) is 3.92. The summed E-state index contributed by atoms with van der Waals surface area (Å²) in [6.45, 7) is 0.890. The Morgan fingerprint density at radius 1 is 0.833 bits per heavy atom. The minimum Gasteiger partial charge on any atom is -0.312 e. The molecule has 2 aliphatic rings. The first-order valence-electron chi connectivity index (χ1n) is 10.1. The lowest BCUT2D eigenvalue weighted by Crippen LogP contribution is -2.33. The molecule has 2 heterocycles. The fourth-order valence-electron chi connectivity index (χ4n) is 4.36. The normalized spacial score (nSPS) is 15.2. The van der Waals surface area contributed by atoms with Gasteiger partial charge in [-0.1, -0.05) is 48.5 Å². The SMILES string of the molecule is O=C1CCc2cc(S(=O)(=O)N(Cc3ccccc3)c3ccccc3)cc3c2N1CC3. The van der Waals surface area contributed by atoms with Crippen molar-refractivity contribution in [1.29, 1.82) is 0 Å². The van der Waals surface area contributed by atoms with Gasteiger partial charge in [-0.05, 0) is 53.8 Å². The molecular weight excluding hydrogens is 396 g/mol. The van der Waals surface area contributed by atoms with E-state index < -0.39 is 10.0 Å². The first-order valence-corrected chi connectivity index (χ1v) is 11.6. The molecule has 2 aliphatic heterocycles. The van der Waals surface area contributed by atoms with E-state index in [1.807, 2.05) is 65.6 Å². The number of nitrogens with zero attached hydrogens (tertiary/aromatic N) is 2. The first kappa shape index (κ1) is 18.9. The minimum absolute atomic E-state index is 0.131. The summed E-state index contributed by atoms with van der Waals surface area (Å²) in [4.78, 5) is 14.3. The van der Waals surface area contributed by atoms with E-state index in [9.17, 15) is 13.2 Å². The van der Waals surface area contributed by atoms with E-state index in [1.165, 1.54) is 4.31 Å². The van der Waals surface area contributed by atoms with Gasteiger partial charge in [-0.25, -0.2) is 8.42 Å². The van der Waals surface area contributed by atoms with Gasteiger partial charge in [-0.15, -0.1) is 0 Å². The van der Waals surface area contributed by atoms with Crippen LogP contribution in [0.1, 0.15) is 23.1 Å². The van der Waals surface area contributed by atoms with Crippen LogP contribution in [0.2, 0.25) is 0 Å². The van der Waals surface area contributed by atoms with Crippen LogP contribution in [0.25, 0.3) is 0 Å². The Kier molecular flexibility index (Phi) is 4.59. The largest absolute Gasteiger partial charge is 0.312 e. The van der Waals surface area contributed by atoms with Gasteiger partial charge < -0.3 is 4.90 Å². The third-order valence-electron chi connectivity index (χ3n) is 5.83. The summed E-state index contributed by atoms with van der Waals surface area (Å²) >= 11 is 0. The molecule has 0 aliphatic carbocycles. The Labute approximate surface area is 176 Å². The summed E-state index contributed by atoms with van der Waals surface area (Å²) in [6, 6.07) is 22.3. The van der Waals surface area contributed by atoms with E-state index in [-0.39, 0.29) is 12.5 Å². The molecule has 0 fully saturated rings. The lowest BCUT2D eigenvalue weighted by atomic mass is 10.00. The Morgan fingerprint density at radius 2 is 1.47 bits per heavy atom. The van der Waals surface area contributed by atoms with Crippen molar-refractivity contribution in [2.24, 2.45) is 0 Å². The van der Waals surface area contributed by atoms with Crippen LogP contribution in [0, 0.1) is 0 Å². The standard InChI is InChI=1S/C24H22N2O3S/c27-23-12-11-19-15-22(16-20-13-14-25(23)24(19)20)30(28,29)26(21-9-5-2-6-10-21)17-18-7-3-1-4-8-18/h1-10,15-16H,11-14,17H2. The van der Waals surface area contributed by atoms with Crippen LogP contribution >= 0.6 is 0 Å². The van der Waals surface area contributed by atoms with Gasteiger partial charge in [-0.2, -0.15) is 0 Å². The molecule has 0 N–H and O–H groups in total. The molecule has 5 nitrogen and oxygen atoms in total. The number of sulfonamides is 1. The number of anilines is 2. The zero-order valence-electron chi connectivity index (χ0n) is 16.5. The van der Waals surface area contributed by atoms with Gasteiger partial charge in [0.25, 0.3) is 10.0 Å². The van der Waals surface area contributed by atoms with Gasteiger partial charge in [0.15, 0.2) is 0 Å². The predicted molar refractivity (Wildman–Crippen MR) is 117 cm³/mol. The van der Waals surface area contributed by atoms with Gasteiger partial charge in [-0.3, -0.25) is 9.10 Å². The van der Waals surface area contributed by atoms with Crippen molar-refractivity contribution < 1.29 is 13.2 Å². The van der Waals surface area contributed by atoms with E-state index >= 15 is 0 Å². The topological polar surface area (TPSA) is 57.7 Å². The molecule has 0 spiro atoms. The molecule has 0 saturated carbocycles. The molecule has 0 radical (unpaired) electrons. The number of aryl methyl sites for hydroxylation is 1. The van der Waals surface area contributed by atoms with Crippen molar-refractivity contribution >= 4 is 27.3 Å². The molecular formula is C24H22N2O3S. The molecule has 0 bridgehead atoms. The second-order valence-electron chi connectivity index (χ2n) is 7.72. The first-order chi connectivity index (χ1) is 14.5. The molecule has 3 aromatic rings. The maximum atomic E-state index is 13.8. The van der Waals surface area contributed by atoms with E-state index in [1.54, 1.807) is 12.1 Å². The van der Waals surface area contributed by atoms with E-state index in [4.69, 9.17) is 0 Å². The summed E-state index contributed by atoms with van der Waals surface area (Å²) in [5.74, 6) is 0.131. The van der Waals surface area contributed by atoms with E-state index in [0.29, 0.717) is 36.4 Å². The van der Waals surface area contributed by atoms with Gasteiger partial charge >= 0.3 is 0 Å². The smallest absolute Gasteiger partial charge is 0.264 e. The maximum Gasteiger partial charge on any atom is 0.264 e. The van der Waals surface area contributed by atoms with Crippen LogP contribution in [-0.4, -0.2) is 20.9 Å². The van der Waals surface area contributed by atoms with Crippen LogP contribution in [0.5, 0.6) is 0 Å². The van der Waals surface area contributed by atoms with Crippen LogP contribution < -0.4 is 9.21 Å². The summed E-state index contributed by atoms with van der Waals surface area (Å²) in [7, 11) is -3.78. The second-order valence-corrected chi connectivity index (χ2v) is 9.58. The number of amides is 1. The van der Waals surface area contributed by atoms with E-state index in [0.717, 1.165) is 22.4 Å². The number of para-hydroxylation sites is 1. The van der Waals surface area contributed by atoms with Gasteiger partial charge in [0.05, 0.1) is 22.8 Å². The molecule has 0 saturated heterocycles. The van der Waals surface area contributed by atoms with Gasteiger partial charge in [0.1, 0.15) is 0 Å². The number of benzene rings is 3. The number of carbonyl (C=O) groups excluding carboxylic acids is 1. The van der Waals surface area contributed by atoms with Crippen molar-refractivity contribution in [3.63, 3.8) is 0 Å². The highest BCUT2D eigenvalue weighted by Gasteiger charge is 2.34. The molecule has 6 heteroatoms. The van der Waals surface area contributed by atoms with Crippen molar-refractivity contribution in [2.45, 2.75) is 30.7 Å². The fraction of sp³-hybridized carbons (Fsp3) is 0.208. The highest BCUT2D eigenvalue weighted by molar-refractivity contribution is 7.92. The molecule has 30 heavy (non-hydrogen) atoms. The zero-order chi connectivity index (χ0) is 20.7. The number of hydrogen-bond acceptors (Lipinski definition) is 3. The average Bonchev–Trinajstić information content (AvgIpc) is 3.21. The van der Waals surface area contributed by atoms with Crippen molar-refractivity contribution in [1.82, 2.24) is 0 Å². The van der Waals surface area contributed by atoms with Crippen LogP contribution in [0.15, 0.2) is 77.7 Å². The second kappa shape index (κ2) is 7.29. The maximum absolute atomic E-state index is 13.8. The Bertz CT molecular complexity index is 1210. The number of hydrogen-bond donors (Lipinski definition) is 0. The zero-order valence-corrected chi connectivity index (χ0v) is 17.3. The monoisotopic (exact) mass is 418 g/mol. The molecule has 152 valence electrons. The third kappa shape index (κ3) is 3.17. The van der Waals surface area contributed by atoms with Crippen LogP contribution in [-0.2, 0) is 34.2 Å². The van der Waals surface area contributed by atoms with Crippen LogP contribution in [0.3, 0.4) is 0 Å². The van der Waals surface area contributed by atoms with Crippen molar-refractivity contribution in [3.05, 3.63) is 89.5 Å². The average molecular weight is 419 g/mol. The Hall–Kier alpha value is -3.12. The van der Waals surface area contributed by atoms with Crippen LogP contribution in [0.4, 0.5) is 11.4 Å². The summed E-state index contributed by atoms with van der Waals surface area (Å²) in [5, 5.41) is 0. The Morgan fingerprint density at radius 3 is 2.17 bits per heavy atom. The number of rotatable bonds is 5. The molecule has 1 amide bonds. The third-order valence-corrected chi connectivity index (χ3v) is 7.58. The van der Waals surface area contributed by atoms with Gasteiger partial charge in [0, 0.05) is 13.0 Å². The molecule has 0 unspecified atom stereocenters. The molecule has 5 rings (SSSR count). The highest BCUT2D eigenvalue weighted by atomic mass is 32.2. The summed E-state index contributed by atoms with van der Waals surface area (Å²) in [5.41, 5.74) is 4.39. The summed E-state index contributed by atoms with van der Waals surface area (Å²) < 4.78 is 29.1. The molecule has 3 aromatic carbocycles. The molecule has 0 atom stereocenters. The lowest BCUT2D eigenvalue weighted by molar-refractivity contribution is -0.118. The van der Waals surface area contributed by atoms with Crippen molar-refractivity contribution in [3.8, 4) is 0 Å². The summed E-state index contributed by atoms with van der Waals surface area (Å²) in [6.07, 6.45) is 1.72. The van der Waals surface area contributed by atoms with E-state index in [2.05, 4.69) is 0 Å². The fourth-order valence-corrected chi connectivity index (χ4v) is 5.92. The highest BCUT2D eigenvalue weighted by Crippen LogP contribution is 2.39. The lowest BCUT2D eigenvalue weighted by Gasteiger charge is -2.28. The Balaban J connectivity index is 1.60. The number of carbonyl (C=O) groups is 1. The minimum atomic E-state index is -3.78. The quantitative estimate of drug-likeness (QED) is 0.631.